The maximum absolute atomic E-state index is 12.9. The molecule has 3 rings (SSSR count). The average molecular weight is 337 g/mol. The number of fused-ring (bicyclic) bond motifs is 1. The zero-order chi connectivity index (χ0) is 16.7. The molecule has 2 aliphatic heterocycles. The van der Waals surface area contributed by atoms with Gasteiger partial charge >= 0.3 is 5.97 Å². The highest BCUT2D eigenvalue weighted by Gasteiger charge is 2.45. The van der Waals surface area contributed by atoms with Crippen LogP contribution in [-0.4, -0.2) is 43.5 Å². The molecule has 1 N–H and O–H groups in total. The minimum absolute atomic E-state index is 0.00447. The van der Waals surface area contributed by atoms with Gasteiger partial charge in [0, 0.05) is 25.1 Å². The van der Waals surface area contributed by atoms with Crippen molar-refractivity contribution in [3.8, 4) is 5.75 Å². The fourth-order valence-electron chi connectivity index (χ4n) is 2.91. The molecular formula is C16H19NO5S. The van der Waals surface area contributed by atoms with Crippen LogP contribution in [0.5, 0.6) is 5.75 Å². The molecule has 2 aliphatic rings. The molecule has 0 saturated carbocycles. The minimum atomic E-state index is -3.68. The molecule has 7 heteroatoms. The van der Waals surface area contributed by atoms with E-state index in [1.165, 1.54) is 4.31 Å². The Kier molecular flexibility index (Phi) is 3.93. The first kappa shape index (κ1) is 16.0. The van der Waals surface area contributed by atoms with Crippen LogP contribution in [0.15, 0.2) is 29.2 Å². The molecule has 1 fully saturated rings. The van der Waals surface area contributed by atoms with Crippen LogP contribution in [0.4, 0.5) is 0 Å². The molecule has 6 nitrogen and oxygen atoms in total. The highest BCUT2D eigenvalue weighted by atomic mass is 32.2. The monoisotopic (exact) mass is 337 g/mol. The molecule has 1 unspecified atom stereocenters. The van der Waals surface area contributed by atoms with E-state index in [0.29, 0.717) is 12.2 Å². The van der Waals surface area contributed by atoms with Gasteiger partial charge in [0.15, 0.2) is 0 Å². The van der Waals surface area contributed by atoms with Crippen LogP contribution in [0, 0.1) is 5.41 Å². The second kappa shape index (κ2) is 5.65. The number of aliphatic carboxylic acids is 1. The van der Waals surface area contributed by atoms with Gasteiger partial charge in [-0.15, -0.1) is 0 Å². The first-order valence-electron chi connectivity index (χ1n) is 7.49. The number of carbonyl (C=O) groups is 1. The van der Waals surface area contributed by atoms with Crippen molar-refractivity contribution in [2.45, 2.75) is 19.8 Å². The fraction of sp³-hybridized carbons (Fsp3) is 0.438. The van der Waals surface area contributed by atoms with Crippen LogP contribution in [0.1, 0.15) is 25.3 Å². The highest BCUT2D eigenvalue weighted by molar-refractivity contribution is 7.93. The molecule has 0 aromatic heterocycles. The topological polar surface area (TPSA) is 83.9 Å². The Labute approximate surface area is 135 Å². The smallest absolute Gasteiger partial charge is 0.310 e. The summed E-state index contributed by atoms with van der Waals surface area (Å²) in [5.74, 6) is -0.298. The van der Waals surface area contributed by atoms with Crippen LogP contribution >= 0.6 is 0 Å². The number of hydrogen-bond acceptors (Lipinski definition) is 4. The molecule has 1 saturated heterocycles. The number of para-hydroxylation sites is 1. The van der Waals surface area contributed by atoms with E-state index in [0.717, 1.165) is 5.56 Å². The van der Waals surface area contributed by atoms with E-state index in [2.05, 4.69) is 0 Å². The zero-order valence-electron chi connectivity index (χ0n) is 12.9. The summed E-state index contributed by atoms with van der Waals surface area (Å²) in [6.07, 6.45) is 2.23. The van der Waals surface area contributed by atoms with Crippen molar-refractivity contribution < 1.29 is 23.1 Å². The van der Waals surface area contributed by atoms with Gasteiger partial charge in [-0.3, -0.25) is 4.79 Å². The first-order valence-corrected chi connectivity index (χ1v) is 8.93. The molecule has 0 amide bonds. The van der Waals surface area contributed by atoms with Crippen LogP contribution in [0.3, 0.4) is 0 Å². The molecule has 1 aromatic carbocycles. The second-order valence-electron chi connectivity index (χ2n) is 6.20. The number of ether oxygens (including phenoxy) is 1. The Morgan fingerprint density at radius 1 is 1.35 bits per heavy atom. The normalized spacial score (nSPS) is 25.2. The molecule has 0 spiro atoms. The predicted molar refractivity (Wildman–Crippen MR) is 85.4 cm³/mol. The summed E-state index contributed by atoms with van der Waals surface area (Å²) in [5, 5.41) is 9.29. The average Bonchev–Trinajstić information content (AvgIpc) is 2.80. The van der Waals surface area contributed by atoms with Crippen LogP contribution < -0.4 is 4.74 Å². The lowest BCUT2D eigenvalue weighted by Crippen LogP contribution is -2.35. The molecule has 124 valence electrons. The van der Waals surface area contributed by atoms with Gasteiger partial charge in [0.05, 0.1) is 16.9 Å². The third-order valence-corrected chi connectivity index (χ3v) is 6.44. The zero-order valence-corrected chi connectivity index (χ0v) is 13.7. The van der Waals surface area contributed by atoms with E-state index in [-0.39, 0.29) is 31.0 Å². The molecular weight excluding hydrogens is 318 g/mol. The van der Waals surface area contributed by atoms with Crippen molar-refractivity contribution in [2.24, 2.45) is 5.41 Å². The molecule has 23 heavy (non-hydrogen) atoms. The molecule has 0 radical (unpaired) electrons. The summed E-state index contributed by atoms with van der Waals surface area (Å²) in [5.41, 5.74) is -0.295. The van der Waals surface area contributed by atoms with Crippen molar-refractivity contribution in [2.75, 3.05) is 19.7 Å². The number of benzene rings is 1. The Hall–Kier alpha value is -1.86. The standard InChI is InChI=1S/C16H19NO5S/c1-16(15(18)19)7-8-17(11-16)23(20,21)13-6-9-22-14-5-3-2-4-12(14)10-13/h2-5,10H,6-9,11H2,1H3,(H,18,19). The highest BCUT2D eigenvalue weighted by Crippen LogP contribution is 2.36. The predicted octanol–water partition coefficient (Wildman–Crippen LogP) is 1.94. The lowest BCUT2D eigenvalue weighted by atomic mass is 9.90. The summed E-state index contributed by atoms with van der Waals surface area (Å²) < 4.78 is 32.6. The number of nitrogens with zero attached hydrogens (tertiary/aromatic N) is 1. The van der Waals surface area contributed by atoms with Crippen molar-refractivity contribution >= 4 is 22.1 Å². The van der Waals surface area contributed by atoms with Gasteiger partial charge in [-0.05, 0) is 25.5 Å². The number of carboxylic acids is 1. The molecule has 2 heterocycles. The van der Waals surface area contributed by atoms with Gasteiger partial charge in [0.2, 0.25) is 10.0 Å². The maximum Gasteiger partial charge on any atom is 0.310 e. The van der Waals surface area contributed by atoms with E-state index in [1.807, 2.05) is 18.2 Å². The quantitative estimate of drug-likeness (QED) is 0.911. The largest absolute Gasteiger partial charge is 0.493 e. The third-order valence-electron chi connectivity index (χ3n) is 4.47. The van der Waals surface area contributed by atoms with E-state index < -0.39 is 21.4 Å². The Morgan fingerprint density at radius 3 is 2.78 bits per heavy atom. The van der Waals surface area contributed by atoms with Gasteiger partial charge in [-0.1, -0.05) is 18.2 Å². The molecule has 0 aliphatic carbocycles. The molecule has 0 bridgehead atoms. The Balaban J connectivity index is 1.92. The second-order valence-corrected chi connectivity index (χ2v) is 8.19. The van der Waals surface area contributed by atoms with E-state index in [9.17, 15) is 18.3 Å². The Morgan fingerprint density at radius 2 is 2.09 bits per heavy atom. The van der Waals surface area contributed by atoms with E-state index >= 15 is 0 Å². The van der Waals surface area contributed by atoms with Crippen molar-refractivity contribution in [3.05, 3.63) is 34.7 Å². The summed E-state index contributed by atoms with van der Waals surface area (Å²) >= 11 is 0. The maximum atomic E-state index is 12.9. The van der Waals surface area contributed by atoms with Gasteiger partial charge in [-0.25, -0.2) is 8.42 Å². The summed E-state index contributed by atoms with van der Waals surface area (Å²) in [6.45, 7) is 2.10. The van der Waals surface area contributed by atoms with E-state index in [1.54, 1.807) is 19.1 Å². The van der Waals surface area contributed by atoms with E-state index in [4.69, 9.17) is 4.74 Å². The van der Waals surface area contributed by atoms with Crippen LogP contribution in [0.2, 0.25) is 0 Å². The lowest BCUT2D eigenvalue weighted by molar-refractivity contribution is -0.146. The van der Waals surface area contributed by atoms with Crippen LogP contribution in [-0.2, 0) is 14.8 Å². The van der Waals surface area contributed by atoms with Gasteiger partial charge in [0.1, 0.15) is 5.75 Å². The van der Waals surface area contributed by atoms with Crippen molar-refractivity contribution in [1.82, 2.24) is 4.31 Å². The summed E-state index contributed by atoms with van der Waals surface area (Å²) in [4.78, 5) is 11.6. The third kappa shape index (κ3) is 2.86. The fourth-order valence-corrected chi connectivity index (χ4v) is 4.64. The number of carboxylic acid groups (broad SMARTS) is 1. The minimum Gasteiger partial charge on any atom is -0.493 e. The summed E-state index contributed by atoms with van der Waals surface area (Å²) in [7, 11) is -3.68. The number of hydrogen-bond donors (Lipinski definition) is 1. The lowest BCUT2D eigenvalue weighted by Gasteiger charge is -2.21. The summed E-state index contributed by atoms with van der Waals surface area (Å²) in [6, 6.07) is 7.27. The van der Waals surface area contributed by atoms with Crippen molar-refractivity contribution in [1.29, 1.82) is 0 Å². The van der Waals surface area contributed by atoms with Gasteiger partial charge < -0.3 is 9.84 Å². The Bertz CT molecular complexity index is 770. The van der Waals surface area contributed by atoms with Gasteiger partial charge in [-0.2, -0.15) is 4.31 Å². The SMILES string of the molecule is CC1(C(=O)O)CCN(S(=O)(=O)C2=Cc3ccccc3OCC2)C1. The van der Waals surface area contributed by atoms with Gasteiger partial charge in [0.25, 0.3) is 0 Å². The number of sulfonamides is 1. The first-order chi connectivity index (χ1) is 10.8. The molecule has 1 atom stereocenters. The molecule has 1 aromatic rings. The van der Waals surface area contributed by atoms with Crippen LogP contribution in [0.25, 0.3) is 6.08 Å². The van der Waals surface area contributed by atoms with Crippen molar-refractivity contribution in [3.63, 3.8) is 0 Å². The number of rotatable bonds is 3.